The van der Waals surface area contributed by atoms with Gasteiger partial charge in [-0.2, -0.15) is 0 Å². The van der Waals surface area contributed by atoms with Gasteiger partial charge < -0.3 is 20.3 Å². The van der Waals surface area contributed by atoms with Crippen LogP contribution in [0.1, 0.15) is 5.56 Å². The zero-order chi connectivity index (χ0) is 13.8. The van der Waals surface area contributed by atoms with Gasteiger partial charge in [0.2, 0.25) is 5.91 Å². The summed E-state index contributed by atoms with van der Waals surface area (Å²) in [7, 11) is 0. The van der Waals surface area contributed by atoms with E-state index >= 15 is 0 Å². The van der Waals surface area contributed by atoms with Gasteiger partial charge in [-0.3, -0.25) is 4.79 Å². The number of hydrogen-bond acceptors (Lipinski definition) is 5. The van der Waals surface area contributed by atoms with Crippen molar-refractivity contribution in [2.24, 2.45) is 5.92 Å². The lowest BCUT2D eigenvalue weighted by atomic mass is 10.0. The Balaban J connectivity index is 0.00000161. The minimum absolute atomic E-state index is 0. The van der Waals surface area contributed by atoms with Crippen molar-refractivity contribution in [3.63, 3.8) is 0 Å². The van der Waals surface area contributed by atoms with Crippen LogP contribution in [0.4, 0.5) is 5.82 Å². The van der Waals surface area contributed by atoms with Crippen molar-refractivity contribution in [3.05, 3.63) is 23.9 Å². The average molecular weight is 313 g/mol. The predicted octanol–water partition coefficient (Wildman–Crippen LogP) is 0.176. The van der Waals surface area contributed by atoms with E-state index < -0.39 is 0 Å². The number of rotatable bonds is 4. The van der Waals surface area contributed by atoms with E-state index in [1.807, 2.05) is 12.1 Å². The molecule has 6 nitrogen and oxygen atoms in total. The molecule has 2 saturated heterocycles. The van der Waals surface area contributed by atoms with E-state index in [2.05, 4.69) is 20.5 Å². The molecule has 3 heterocycles. The number of anilines is 1. The lowest BCUT2D eigenvalue weighted by Gasteiger charge is -2.28. The van der Waals surface area contributed by atoms with Gasteiger partial charge in [0.15, 0.2) is 0 Å². The fraction of sp³-hybridized carbons (Fsp3) is 0.571. The minimum Gasteiger partial charge on any atom is -0.378 e. The third-order valence-electron chi connectivity index (χ3n) is 3.76. The van der Waals surface area contributed by atoms with E-state index in [0.29, 0.717) is 6.54 Å². The maximum Gasteiger partial charge on any atom is 0.225 e. The van der Waals surface area contributed by atoms with Gasteiger partial charge in [0.25, 0.3) is 0 Å². The summed E-state index contributed by atoms with van der Waals surface area (Å²) in [6, 6.07) is 3.99. The van der Waals surface area contributed by atoms with Crippen molar-refractivity contribution >= 4 is 24.1 Å². The summed E-state index contributed by atoms with van der Waals surface area (Å²) in [5, 5.41) is 6.08. The number of aromatic nitrogens is 1. The smallest absolute Gasteiger partial charge is 0.225 e. The SMILES string of the molecule is Cl.O=C(NCc1ccnc(N2CCOCC2)c1)C1CNC1. The molecule has 0 saturated carbocycles. The number of nitrogens with zero attached hydrogens (tertiary/aromatic N) is 2. The van der Waals surface area contributed by atoms with Crippen molar-refractivity contribution in [1.82, 2.24) is 15.6 Å². The highest BCUT2D eigenvalue weighted by Crippen LogP contribution is 2.14. The first kappa shape index (κ1) is 16.0. The second-order valence-electron chi connectivity index (χ2n) is 5.19. The Kier molecular flexibility index (Phi) is 5.78. The number of pyridine rings is 1. The van der Waals surface area contributed by atoms with Gasteiger partial charge in [-0.1, -0.05) is 0 Å². The topological polar surface area (TPSA) is 66.5 Å². The summed E-state index contributed by atoms with van der Waals surface area (Å²) in [6.07, 6.45) is 1.80. The molecule has 0 aliphatic carbocycles. The zero-order valence-corrected chi connectivity index (χ0v) is 12.7. The number of hydrogen-bond donors (Lipinski definition) is 2. The van der Waals surface area contributed by atoms with E-state index in [0.717, 1.165) is 50.8 Å². The van der Waals surface area contributed by atoms with Crippen LogP contribution in [0.15, 0.2) is 18.3 Å². The molecule has 0 spiro atoms. The fourth-order valence-corrected chi connectivity index (χ4v) is 2.34. The maximum absolute atomic E-state index is 11.8. The lowest BCUT2D eigenvalue weighted by molar-refractivity contribution is -0.126. The van der Waals surface area contributed by atoms with Crippen LogP contribution in [0.2, 0.25) is 0 Å². The van der Waals surface area contributed by atoms with Crippen LogP contribution in [0.25, 0.3) is 0 Å². The summed E-state index contributed by atoms with van der Waals surface area (Å²) >= 11 is 0. The van der Waals surface area contributed by atoms with Crippen molar-refractivity contribution in [3.8, 4) is 0 Å². The number of morpholine rings is 1. The summed E-state index contributed by atoms with van der Waals surface area (Å²) < 4.78 is 5.34. The molecule has 0 unspecified atom stereocenters. The Hall–Kier alpha value is -1.37. The summed E-state index contributed by atoms with van der Waals surface area (Å²) in [5.74, 6) is 1.23. The van der Waals surface area contributed by atoms with Gasteiger partial charge in [-0.25, -0.2) is 4.98 Å². The molecule has 21 heavy (non-hydrogen) atoms. The van der Waals surface area contributed by atoms with E-state index in [1.165, 1.54) is 0 Å². The van der Waals surface area contributed by atoms with E-state index in [9.17, 15) is 4.79 Å². The average Bonchev–Trinajstić information content (AvgIpc) is 2.45. The van der Waals surface area contributed by atoms with Gasteiger partial charge in [-0.05, 0) is 17.7 Å². The molecule has 0 radical (unpaired) electrons. The number of halogens is 1. The van der Waals surface area contributed by atoms with Crippen LogP contribution < -0.4 is 15.5 Å². The van der Waals surface area contributed by atoms with E-state index in [4.69, 9.17) is 4.74 Å². The zero-order valence-electron chi connectivity index (χ0n) is 11.9. The largest absolute Gasteiger partial charge is 0.378 e. The van der Waals surface area contributed by atoms with E-state index in [-0.39, 0.29) is 24.2 Å². The second kappa shape index (κ2) is 7.59. The quantitative estimate of drug-likeness (QED) is 0.830. The molecule has 0 bridgehead atoms. The highest BCUT2D eigenvalue weighted by atomic mass is 35.5. The summed E-state index contributed by atoms with van der Waals surface area (Å²) in [4.78, 5) is 18.4. The van der Waals surface area contributed by atoms with Crippen molar-refractivity contribution in [1.29, 1.82) is 0 Å². The van der Waals surface area contributed by atoms with E-state index in [1.54, 1.807) is 6.20 Å². The monoisotopic (exact) mass is 312 g/mol. The van der Waals surface area contributed by atoms with Gasteiger partial charge in [0, 0.05) is 38.9 Å². The Bertz CT molecular complexity index is 476. The molecule has 1 aromatic heterocycles. The molecule has 1 amide bonds. The molecule has 7 heteroatoms. The molecule has 2 fully saturated rings. The highest BCUT2D eigenvalue weighted by Gasteiger charge is 2.24. The van der Waals surface area contributed by atoms with Gasteiger partial charge in [0.05, 0.1) is 19.1 Å². The highest BCUT2D eigenvalue weighted by molar-refractivity contribution is 5.85. The normalized spacial score (nSPS) is 18.6. The van der Waals surface area contributed by atoms with Gasteiger partial charge in [-0.15, -0.1) is 12.4 Å². The van der Waals surface area contributed by atoms with Crippen molar-refractivity contribution < 1.29 is 9.53 Å². The molecule has 3 rings (SSSR count). The Labute approximate surface area is 130 Å². The third kappa shape index (κ3) is 4.06. The van der Waals surface area contributed by atoms with Crippen LogP contribution in [0, 0.1) is 5.92 Å². The third-order valence-corrected chi connectivity index (χ3v) is 3.76. The summed E-state index contributed by atoms with van der Waals surface area (Å²) in [6.45, 7) is 5.39. The Morgan fingerprint density at radius 2 is 2.19 bits per heavy atom. The Morgan fingerprint density at radius 3 is 2.86 bits per heavy atom. The standard InChI is InChI=1S/C14H20N4O2.ClH/c19-14(12-9-15-10-12)17-8-11-1-2-16-13(7-11)18-3-5-20-6-4-18;/h1-2,7,12,15H,3-6,8-10H2,(H,17,19);1H. The van der Waals surface area contributed by atoms with Crippen molar-refractivity contribution in [2.45, 2.75) is 6.54 Å². The molecule has 0 atom stereocenters. The molecule has 2 N–H and O–H groups in total. The molecular weight excluding hydrogens is 292 g/mol. The molecule has 116 valence electrons. The second-order valence-corrected chi connectivity index (χ2v) is 5.19. The fourth-order valence-electron chi connectivity index (χ4n) is 2.34. The van der Waals surface area contributed by atoms with Crippen LogP contribution in [0.3, 0.4) is 0 Å². The van der Waals surface area contributed by atoms with Gasteiger partial charge >= 0.3 is 0 Å². The lowest BCUT2D eigenvalue weighted by Crippen LogP contribution is -2.50. The molecular formula is C14H21ClN4O2. The first-order valence-corrected chi connectivity index (χ1v) is 7.09. The van der Waals surface area contributed by atoms with Crippen LogP contribution in [0.5, 0.6) is 0 Å². The molecule has 1 aromatic rings. The molecule has 2 aliphatic rings. The molecule has 0 aromatic carbocycles. The minimum atomic E-state index is 0. The predicted molar refractivity (Wildman–Crippen MR) is 82.7 cm³/mol. The maximum atomic E-state index is 11.8. The Morgan fingerprint density at radius 1 is 1.43 bits per heavy atom. The van der Waals surface area contributed by atoms with Crippen LogP contribution >= 0.6 is 12.4 Å². The van der Waals surface area contributed by atoms with Crippen LogP contribution in [-0.2, 0) is 16.1 Å². The first-order valence-electron chi connectivity index (χ1n) is 7.09. The van der Waals surface area contributed by atoms with Gasteiger partial charge in [0.1, 0.15) is 5.82 Å². The number of carbonyl (C=O) groups excluding carboxylic acids is 1. The van der Waals surface area contributed by atoms with Crippen molar-refractivity contribution in [2.75, 3.05) is 44.3 Å². The number of nitrogens with one attached hydrogen (secondary N) is 2. The summed E-state index contributed by atoms with van der Waals surface area (Å²) in [5.41, 5.74) is 1.09. The number of ether oxygens (including phenoxy) is 1. The number of carbonyl (C=O) groups is 1. The van der Waals surface area contributed by atoms with Crippen LogP contribution in [-0.4, -0.2) is 50.3 Å². The first-order chi connectivity index (χ1) is 9.83. The number of amides is 1. The molecule has 2 aliphatic heterocycles.